The van der Waals surface area contributed by atoms with Crippen molar-refractivity contribution >= 4 is 5.97 Å². The predicted octanol–water partition coefficient (Wildman–Crippen LogP) is 6.53. The summed E-state index contributed by atoms with van der Waals surface area (Å²) in [6.45, 7) is 11.4. The largest absolute Gasteiger partial charge is 0.463 e. The Hall–Kier alpha value is -1.31. The van der Waals surface area contributed by atoms with Crippen LogP contribution in [0.4, 0.5) is 0 Å². The lowest BCUT2D eigenvalue weighted by Crippen LogP contribution is -2.07. The van der Waals surface area contributed by atoms with Crippen molar-refractivity contribution in [1.82, 2.24) is 0 Å². The molecule has 0 amide bonds. The van der Waals surface area contributed by atoms with Gasteiger partial charge in [0.15, 0.2) is 0 Å². The molecule has 1 atom stereocenters. The molecular weight excluding hydrogens is 296 g/mol. The first kappa shape index (κ1) is 20.7. The number of ether oxygens (including phenoxy) is 1. The first-order chi connectivity index (χ1) is 11.5. The van der Waals surface area contributed by atoms with Crippen LogP contribution < -0.4 is 0 Å². The Morgan fingerprint density at radius 3 is 2.54 bits per heavy atom. The summed E-state index contributed by atoms with van der Waals surface area (Å²) in [7, 11) is 0. The van der Waals surface area contributed by atoms with Crippen molar-refractivity contribution in [2.45, 2.75) is 86.0 Å². The van der Waals surface area contributed by atoms with Crippen LogP contribution in [-0.4, -0.2) is 12.6 Å². The number of carbonyl (C=O) groups excluding carboxylic acids is 1. The minimum Gasteiger partial charge on any atom is -0.463 e. The summed E-state index contributed by atoms with van der Waals surface area (Å²) in [6, 6.07) is 0. The van der Waals surface area contributed by atoms with Gasteiger partial charge in [0, 0.05) is 6.08 Å². The maximum Gasteiger partial charge on any atom is 0.331 e. The van der Waals surface area contributed by atoms with Gasteiger partial charge < -0.3 is 4.74 Å². The Bertz CT molecular complexity index is 494. The highest BCUT2D eigenvalue weighted by Crippen LogP contribution is 2.32. The van der Waals surface area contributed by atoms with Gasteiger partial charge in [-0.2, -0.15) is 0 Å². The highest BCUT2D eigenvalue weighted by atomic mass is 16.5. The van der Waals surface area contributed by atoms with Crippen LogP contribution in [0.2, 0.25) is 0 Å². The van der Waals surface area contributed by atoms with Crippen molar-refractivity contribution < 1.29 is 9.53 Å². The van der Waals surface area contributed by atoms with Gasteiger partial charge in [0.05, 0.1) is 6.61 Å². The van der Waals surface area contributed by atoms with Gasteiger partial charge in [-0.3, -0.25) is 0 Å². The Morgan fingerprint density at radius 2 is 1.96 bits per heavy atom. The predicted molar refractivity (Wildman–Crippen MR) is 103 cm³/mol. The molecule has 2 heteroatoms. The van der Waals surface area contributed by atoms with E-state index < -0.39 is 0 Å². The van der Waals surface area contributed by atoms with E-state index >= 15 is 0 Å². The second-order valence-corrected chi connectivity index (χ2v) is 6.90. The Labute approximate surface area is 149 Å². The molecule has 0 bridgehead atoms. The second-order valence-electron chi connectivity index (χ2n) is 6.90. The Balaban J connectivity index is 2.77. The van der Waals surface area contributed by atoms with Gasteiger partial charge in [0.25, 0.3) is 0 Å². The number of allylic oxidation sites excluding steroid dienone is 5. The molecule has 1 aliphatic carbocycles. The van der Waals surface area contributed by atoms with Gasteiger partial charge in [0.1, 0.15) is 0 Å². The van der Waals surface area contributed by atoms with E-state index in [9.17, 15) is 4.79 Å². The summed E-state index contributed by atoms with van der Waals surface area (Å²) >= 11 is 0. The fourth-order valence-corrected chi connectivity index (χ4v) is 3.49. The SMILES string of the molecule is CCOC(=O)C=C1C=C(CC(CC)CC(CC)=C(C)CC)CCC1. The van der Waals surface area contributed by atoms with Gasteiger partial charge in [0.2, 0.25) is 0 Å². The van der Waals surface area contributed by atoms with Crippen molar-refractivity contribution in [3.05, 3.63) is 34.4 Å². The standard InChI is InChI=1S/C22H36O2/c1-6-17(5)21(8-3)15-18(7-2)13-19-11-10-12-20(14-19)16-22(23)24-9-4/h14,16,18H,6-13,15H2,1-5H3. The fourth-order valence-electron chi connectivity index (χ4n) is 3.49. The van der Waals surface area contributed by atoms with E-state index in [-0.39, 0.29) is 5.97 Å². The zero-order valence-corrected chi connectivity index (χ0v) is 16.4. The molecule has 0 N–H and O–H groups in total. The maximum absolute atomic E-state index is 11.7. The van der Waals surface area contributed by atoms with Crippen LogP contribution in [-0.2, 0) is 9.53 Å². The lowest BCUT2D eigenvalue weighted by atomic mass is 9.83. The first-order valence-corrected chi connectivity index (χ1v) is 9.78. The van der Waals surface area contributed by atoms with Crippen molar-refractivity contribution in [3.63, 3.8) is 0 Å². The lowest BCUT2D eigenvalue weighted by Gasteiger charge is -2.22. The smallest absolute Gasteiger partial charge is 0.331 e. The first-order valence-electron chi connectivity index (χ1n) is 9.78. The summed E-state index contributed by atoms with van der Waals surface area (Å²) in [5.41, 5.74) is 5.85. The molecule has 1 unspecified atom stereocenters. The van der Waals surface area contributed by atoms with Crippen molar-refractivity contribution in [1.29, 1.82) is 0 Å². The van der Waals surface area contributed by atoms with Crippen LogP contribution in [0.5, 0.6) is 0 Å². The van der Waals surface area contributed by atoms with Crippen LogP contribution in [0.1, 0.15) is 86.0 Å². The van der Waals surface area contributed by atoms with Gasteiger partial charge in [-0.15, -0.1) is 0 Å². The molecule has 0 heterocycles. The minimum atomic E-state index is -0.202. The number of carbonyl (C=O) groups is 1. The molecule has 0 radical (unpaired) electrons. The van der Waals surface area contributed by atoms with E-state index in [4.69, 9.17) is 4.74 Å². The highest BCUT2D eigenvalue weighted by molar-refractivity contribution is 5.83. The van der Waals surface area contributed by atoms with E-state index in [1.165, 1.54) is 31.3 Å². The van der Waals surface area contributed by atoms with E-state index in [0.29, 0.717) is 6.61 Å². The summed E-state index contributed by atoms with van der Waals surface area (Å²) < 4.78 is 5.04. The molecular formula is C22H36O2. The molecule has 0 saturated heterocycles. The summed E-state index contributed by atoms with van der Waals surface area (Å²) in [5, 5.41) is 0. The highest BCUT2D eigenvalue weighted by Gasteiger charge is 2.15. The van der Waals surface area contributed by atoms with Crippen LogP contribution in [0.15, 0.2) is 34.4 Å². The molecule has 2 nitrogen and oxygen atoms in total. The van der Waals surface area contributed by atoms with E-state index in [1.54, 1.807) is 17.2 Å². The minimum absolute atomic E-state index is 0.202. The van der Waals surface area contributed by atoms with E-state index in [2.05, 4.69) is 33.8 Å². The van der Waals surface area contributed by atoms with Crippen molar-refractivity contribution in [3.8, 4) is 0 Å². The van der Waals surface area contributed by atoms with Crippen molar-refractivity contribution in [2.24, 2.45) is 5.92 Å². The average molecular weight is 333 g/mol. The molecule has 0 aromatic heterocycles. The van der Waals surface area contributed by atoms with Crippen LogP contribution >= 0.6 is 0 Å². The third-order valence-corrected chi connectivity index (χ3v) is 5.17. The lowest BCUT2D eigenvalue weighted by molar-refractivity contribution is -0.137. The summed E-state index contributed by atoms with van der Waals surface area (Å²) in [6.07, 6.45) is 13.2. The average Bonchev–Trinajstić information content (AvgIpc) is 2.58. The van der Waals surface area contributed by atoms with Crippen molar-refractivity contribution in [2.75, 3.05) is 6.61 Å². The number of hydrogen-bond acceptors (Lipinski definition) is 2. The molecule has 0 saturated carbocycles. The Kier molecular flexibility index (Phi) is 9.75. The maximum atomic E-state index is 11.7. The molecule has 0 fully saturated rings. The molecule has 0 aromatic rings. The third-order valence-electron chi connectivity index (χ3n) is 5.17. The molecule has 0 aliphatic heterocycles. The molecule has 1 aliphatic rings. The van der Waals surface area contributed by atoms with Gasteiger partial charge in [-0.25, -0.2) is 4.79 Å². The topological polar surface area (TPSA) is 26.3 Å². The second kappa shape index (κ2) is 11.3. The van der Waals surface area contributed by atoms with Crippen LogP contribution in [0.3, 0.4) is 0 Å². The zero-order valence-electron chi connectivity index (χ0n) is 16.4. The van der Waals surface area contributed by atoms with Gasteiger partial charge in [-0.1, -0.05) is 50.0 Å². The quantitative estimate of drug-likeness (QED) is 0.272. The van der Waals surface area contributed by atoms with Crippen LogP contribution in [0, 0.1) is 5.92 Å². The van der Waals surface area contributed by atoms with Gasteiger partial charge >= 0.3 is 5.97 Å². The number of rotatable bonds is 9. The third kappa shape index (κ3) is 7.07. The molecule has 1 rings (SSSR count). The Morgan fingerprint density at radius 1 is 1.21 bits per heavy atom. The zero-order chi connectivity index (χ0) is 17.9. The van der Waals surface area contributed by atoms with E-state index in [0.717, 1.165) is 37.2 Å². The van der Waals surface area contributed by atoms with Crippen LogP contribution in [0.25, 0.3) is 0 Å². The normalized spacial score (nSPS) is 18.9. The van der Waals surface area contributed by atoms with E-state index in [1.807, 2.05) is 6.92 Å². The monoisotopic (exact) mass is 332 g/mol. The molecule has 136 valence electrons. The molecule has 0 aromatic carbocycles. The summed E-state index contributed by atoms with van der Waals surface area (Å²) in [4.78, 5) is 11.7. The number of esters is 1. The molecule has 24 heavy (non-hydrogen) atoms. The molecule has 0 spiro atoms. The number of hydrogen-bond donors (Lipinski definition) is 0. The van der Waals surface area contributed by atoms with Gasteiger partial charge in [-0.05, 0) is 70.3 Å². The fraction of sp³-hybridized carbons (Fsp3) is 0.682. The summed E-state index contributed by atoms with van der Waals surface area (Å²) in [5.74, 6) is 0.515.